The van der Waals surface area contributed by atoms with E-state index < -0.39 is 150 Å². The summed E-state index contributed by atoms with van der Waals surface area (Å²) in [5, 5.41) is 17.2. The molecule has 0 spiro atoms. The number of fused-ring (bicyclic) bond motifs is 21. The van der Waals surface area contributed by atoms with E-state index in [0.717, 1.165) is 60.7 Å². The van der Waals surface area contributed by atoms with Gasteiger partial charge in [-0.05, 0) is 106 Å². The van der Waals surface area contributed by atoms with E-state index >= 15 is 0 Å². The summed E-state index contributed by atoms with van der Waals surface area (Å²) in [5.74, 6) is -2.20. The summed E-state index contributed by atoms with van der Waals surface area (Å²) >= 11 is 0. The zero-order valence-electron chi connectivity index (χ0n) is 43.4. The van der Waals surface area contributed by atoms with Crippen molar-refractivity contribution in [1.82, 2.24) is 39.9 Å². The van der Waals surface area contributed by atoms with Gasteiger partial charge in [-0.2, -0.15) is 50.5 Å². The predicted molar refractivity (Wildman–Crippen MR) is 304 cm³/mol. The van der Waals surface area contributed by atoms with Gasteiger partial charge in [-0.25, -0.2) is 18.4 Å². The van der Waals surface area contributed by atoms with Gasteiger partial charge in [0.2, 0.25) is 0 Å². The molecular formula is C48H28N12O21S7Zn. The van der Waals surface area contributed by atoms with E-state index in [0.29, 0.717) is 24.3 Å². The number of hydrogen-bond donors (Lipinski definition) is 9. The number of azo groups is 1. The van der Waals surface area contributed by atoms with Crippen LogP contribution in [0.1, 0.15) is 0 Å². The van der Waals surface area contributed by atoms with Gasteiger partial charge in [0.1, 0.15) is 26.9 Å². The van der Waals surface area contributed by atoms with E-state index in [2.05, 4.69) is 54.8 Å². The molecule has 3 aromatic heterocycles. The summed E-state index contributed by atoms with van der Waals surface area (Å²) in [5.41, 5.74) is 1.56. The fourth-order valence-corrected chi connectivity index (χ4v) is 13.8. The van der Waals surface area contributed by atoms with Crippen LogP contribution >= 0.6 is 0 Å². The maximum absolute atomic E-state index is 14.4. The average molecular weight is 1400 g/mol. The number of nitrogens with zero attached hydrogens (tertiary/aromatic N) is 10. The van der Waals surface area contributed by atoms with Crippen LogP contribution < -0.4 is 20.4 Å². The number of nitrogens with two attached hydrogens (primary N) is 1. The summed E-state index contributed by atoms with van der Waals surface area (Å²) < 4.78 is 240. The molecule has 0 radical (unpaired) electrons. The minimum atomic E-state index is -5.43. The van der Waals surface area contributed by atoms with Gasteiger partial charge < -0.3 is 40.7 Å². The minimum absolute atomic E-state index is 0. The number of nitrogen functional groups attached to an aromatic ring is 1. The van der Waals surface area contributed by atoms with E-state index in [1.807, 2.05) is 0 Å². The molecule has 33 nitrogen and oxygen atoms in total. The molecule has 2 aliphatic heterocycles. The molecule has 0 saturated heterocycles. The van der Waals surface area contributed by atoms with E-state index in [1.165, 1.54) is 24.3 Å². The summed E-state index contributed by atoms with van der Waals surface area (Å²) in [6.45, 7) is 0. The molecule has 10 aromatic rings. The SMILES string of the molecule is Nc1c(S(=O)(=O)O)cc2cc(S(=O)(=O)O)cc(O)c2c1N=Nc1ccc(NS(=O)(=O)c2ccc3c(c2)-c2nc-3nc3[n-]c(nc4nc(nc5[n-]c(n2)c2cc(S(=O)(=O)O)ccc52)-c2cc(S(=O)(=O)O)ccc2-4)c2cc(S(=O)(=O)O)ccc32)cc1S(=O)(=O)O.[Zn+2]. The number of aromatic nitrogens is 8. The number of sulfonamides is 1. The van der Waals surface area contributed by atoms with Crippen molar-refractivity contribution in [3.05, 3.63) is 109 Å². The van der Waals surface area contributed by atoms with Crippen LogP contribution in [0, 0.1) is 0 Å². The normalized spacial score (nSPS) is 13.2. The summed E-state index contributed by atoms with van der Waals surface area (Å²) in [6, 6.07) is 17.0. The number of aromatic hydroxyl groups is 1. The van der Waals surface area contributed by atoms with Crippen molar-refractivity contribution < 1.29 is 111 Å². The van der Waals surface area contributed by atoms with Gasteiger partial charge in [-0.1, -0.05) is 24.3 Å². The van der Waals surface area contributed by atoms with E-state index in [4.69, 9.17) is 5.73 Å². The number of nitrogens with one attached hydrogen (secondary N) is 1. The monoisotopic (exact) mass is 1400 g/mol. The van der Waals surface area contributed by atoms with Crippen molar-refractivity contribution in [2.75, 3.05) is 10.5 Å². The number of hydrogen-bond acceptors (Lipinski definition) is 24. The second-order valence-corrected chi connectivity index (χ2v) is 29.0. The molecule has 89 heavy (non-hydrogen) atoms. The molecule has 2 aliphatic rings. The summed E-state index contributed by atoms with van der Waals surface area (Å²) in [6.07, 6.45) is 0. The third kappa shape index (κ3) is 11.3. The number of phenolic OH excluding ortho intramolecular Hbond substituents is 1. The molecule has 5 heterocycles. The molecule has 41 heteroatoms. The van der Waals surface area contributed by atoms with Gasteiger partial charge in [0, 0.05) is 50.9 Å². The fraction of sp³-hybridized carbons (Fsp3) is 0. The number of rotatable bonds is 11. The largest absolute Gasteiger partial charge is 2.00 e. The Balaban J connectivity index is 0.00000817. The van der Waals surface area contributed by atoms with Crippen LogP contribution in [-0.2, 0) is 90.2 Å². The van der Waals surface area contributed by atoms with Crippen molar-refractivity contribution in [2.45, 2.75) is 34.3 Å². The first-order valence-corrected chi connectivity index (χ1v) is 33.8. The molecule has 0 aliphatic carbocycles. The van der Waals surface area contributed by atoms with Crippen LogP contribution in [0.4, 0.5) is 22.7 Å². The van der Waals surface area contributed by atoms with Gasteiger partial charge in [-0.15, -0.1) is 10.2 Å². The van der Waals surface area contributed by atoms with E-state index in [9.17, 15) is 91.3 Å². The van der Waals surface area contributed by atoms with Crippen molar-refractivity contribution in [1.29, 1.82) is 0 Å². The van der Waals surface area contributed by atoms with E-state index in [-0.39, 0.29) is 103 Å². The molecule has 0 atom stereocenters. The maximum atomic E-state index is 14.4. The van der Waals surface area contributed by atoms with Crippen molar-refractivity contribution in [3.8, 4) is 51.3 Å². The number of benzene rings is 7. The van der Waals surface area contributed by atoms with Gasteiger partial charge in [0.15, 0.2) is 0 Å². The molecule has 0 saturated carbocycles. The first kappa shape index (κ1) is 61.8. The van der Waals surface area contributed by atoms with Crippen LogP contribution in [-0.4, -0.2) is 121 Å². The number of anilines is 2. The van der Waals surface area contributed by atoms with Crippen LogP contribution in [0.15, 0.2) is 154 Å². The third-order valence-electron chi connectivity index (χ3n) is 13.3. The van der Waals surface area contributed by atoms with Crippen molar-refractivity contribution in [2.24, 2.45) is 10.2 Å². The molecule has 10 N–H and O–H groups in total. The standard InChI is InChI=1S/C48H28N12O21S7.Zn/c49-39-37(88(79,80)81)12-19-11-25(86(73,74)75)18-35(61)38(19)40(39)59-58-34-10-1-20(13-36(34)87(76,77)78)60-82(62,63)21-2-6-26-30(14-21)45-51-41(26)50-42-27-7-3-22(83(64,65)66)15-31(27)46(52-42)53-43-28-8-4-23(84(67,68)69)16-32(28)47(54-43)55-44-29-9-5-24(85(70,71)72)17-33(29)48(56-44)57-45;/h1-18H,(H10-2,49,50,51,52,53,54,55,56,57,58,59,60,61,64,65,66,67,68,69,70,71,72,73,74,75,76,77,78,79,80,81);/q-2;+2. The second-order valence-electron chi connectivity index (χ2n) is 18.8. The molecular weight excluding hydrogens is 1370 g/mol. The Bertz CT molecular complexity index is 5980. The first-order valence-electron chi connectivity index (χ1n) is 23.7. The molecule has 0 amide bonds. The molecule has 12 rings (SSSR count). The summed E-state index contributed by atoms with van der Waals surface area (Å²) in [4.78, 5) is 30.8. The molecule has 450 valence electrons. The average Bonchev–Trinajstić information content (AvgIpc) is 1.79. The Morgan fingerprint density at radius 2 is 0.831 bits per heavy atom. The Morgan fingerprint density at radius 1 is 0.404 bits per heavy atom. The Morgan fingerprint density at radius 3 is 1.30 bits per heavy atom. The van der Waals surface area contributed by atoms with Gasteiger partial charge in [-0.3, -0.25) is 32.0 Å². The van der Waals surface area contributed by atoms with Crippen LogP contribution in [0.5, 0.6) is 5.75 Å². The van der Waals surface area contributed by atoms with Gasteiger partial charge in [0.05, 0.1) is 64.5 Å². The smallest absolute Gasteiger partial charge is 0.507 e. The first-order chi connectivity index (χ1) is 40.9. The van der Waals surface area contributed by atoms with Gasteiger partial charge in [0.25, 0.3) is 70.7 Å². The molecule has 0 unspecified atom stereocenters. The predicted octanol–water partition coefficient (Wildman–Crippen LogP) is 5.26. The maximum Gasteiger partial charge on any atom is 2.00 e. The van der Waals surface area contributed by atoms with Crippen molar-refractivity contribution in [3.63, 3.8) is 0 Å². The minimum Gasteiger partial charge on any atom is -0.507 e. The van der Waals surface area contributed by atoms with Gasteiger partial charge >= 0.3 is 19.5 Å². The zero-order chi connectivity index (χ0) is 63.3. The van der Waals surface area contributed by atoms with E-state index in [1.54, 1.807) is 0 Å². The van der Waals surface area contributed by atoms with Crippen molar-refractivity contribution >= 4 is 148 Å². The Labute approximate surface area is 510 Å². The summed E-state index contributed by atoms with van der Waals surface area (Å²) in [7, 11) is -35.4. The quantitative estimate of drug-likeness (QED) is 0.0345. The van der Waals surface area contributed by atoms with Crippen LogP contribution in [0.3, 0.4) is 0 Å². The molecule has 7 aromatic carbocycles. The Kier molecular flexibility index (Phi) is 14.5. The van der Waals surface area contributed by atoms with Crippen LogP contribution in [0.2, 0.25) is 0 Å². The molecule has 0 fully saturated rings. The second kappa shape index (κ2) is 20.9. The Hall–Kier alpha value is -8.81. The fourth-order valence-electron chi connectivity index (χ4n) is 9.34. The van der Waals surface area contributed by atoms with Crippen LogP contribution in [0.25, 0.3) is 100 Å². The zero-order valence-corrected chi connectivity index (χ0v) is 52.0. The number of phenols is 1. The molecule has 8 bridgehead atoms. The third-order valence-corrected chi connectivity index (χ3v) is 19.8. The topological polar surface area (TPSA) is 549 Å².